The Balaban J connectivity index is 2.82. The summed E-state index contributed by atoms with van der Waals surface area (Å²) in [6.45, 7) is 10.9. The molecule has 1 aromatic carbocycles. The van der Waals surface area contributed by atoms with Crippen LogP contribution in [-0.4, -0.2) is 12.5 Å². The normalized spacial score (nSPS) is 11.2. The standard InChI is InChI=1S/C16H25NO2/c1-6-10-19-15-12(2)8-7-9-13(15)17-14(18)11-16(3,4)5/h7-9H,6,10-11H2,1-5H3,(H,17,18). The lowest BCUT2D eigenvalue weighted by atomic mass is 9.92. The van der Waals surface area contributed by atoms with E-state index in [2.05, 4.69) is 33.0 Å². The minimum absolute atomic E-state index is 0.0155. The fraction of sp³-hybridized carbons (Fsp3) is 0.562. The summed E-state index contributed by atoms with van der Waals surface area (Å²) in [6.07, 6.45) is 1.44. The number of anilines is 1. The quantitative estimate of drug-likeness (QED) is 0.866. The third-order valence-corrected chi connectivity index (χ3v) is 2.63. The van der Waals surface area contributed by atoms with Gasteiger partial charge in [0, 0.05) is 6.42 Å². The average molecular weight is 263 g/mol. The van der Waals surface area contributed by atoms with E-state index in [1.807, 2.05) is 25.1 Å². The lowest BCUT2D eigenvalue weighted by Crippen LogP contribution is -2.20. The summed E-state index contributed by atoms with van der Waals surface area (Å²) >= 11 is 0. The van der Waals surface area contributed by atoms with Crippen molar-refractivity contribution in [1.29, 1.82) is 0 Å². The van der Waals surface area contributed by atoms with Crippen molar-refractivity contribution in [1.82, 2.24) is 0 Å². The molecule has 1 aromatic rings. The van der Waals surface area contributed by atoms with Crippen LogP contribution in [0.5, 0.6) is 5.75 Å². The van der Waals surface area contributed by atoms with Gasteiger partial charge in [-0.05, 0) is 30.4 Å². The minimum atomic E-state index is -0.0155. The number of aryl methyl sites for hydroxylation is 1. The summed E-state index contributed by atoms with van der Waals surface area (Å²) in [4.78, 5) is 12.0. The van der Waals surface area contributed by atoms with Gasteiger partial charge in [-0.15, -0.1) is 0 Å². The molecule has 0 saturated carbocycles. The number of carbonyl (C=O) groups is 1. The molecule has 1 amide bonds. The molecule has 3 nitrogen and oxygen atoms in total. The Morgan fingerprint density at radius 3 is 2.58 bits per heavy atom. The molecular weight excluding hydrogens is 238 g/mol. The highest BCUT2D eigenvalue weighted by molar-refractivity contribution is 5.92. The van der Waals surface area contributed by atoms with Gasteiger partial charge in [-0.2, -0.15) is 0 Å². The first-order valence-electron chi connectivity index (χ1n) is 6.86. The zero-order chi connectivity index (χ0) is 14.5. The van der Waals surface area contributed by atoms with Crippen LogP contribution < -0.4 is 10.1 Å². The first-order valence-corrected chi connectivity index (χ1v) is 6.86. The second-order valence-electron chi connectivity index (χ2n) is 6.09. The van der Waals surface area contributed by atoms with Gasteiger partial charge in [-0.25, -0.2) is 0 Å². The van der Waals surface area contributed by atoms with Crippen molar-refractivity contribution in [3.8, 4) is 5.75 Å². The molecule has 0 bridgehead atoms. The fourth-order valence-corrected chi connectivity index (χ4v) is 1.82. The van der Waals surface area contributed by atoms with Crippen molar-refractivity contribution in [2.45, 2.75) is 47.5 Å². The van der Waals surface area contributed by atoms with Crippen molar-refractivity contribution in [2.24, 2.45) is 5.41 Å². The summed E-state index contributed by atoms with van der Waals surface area (Å²) in [5.74, 6) is 0.811. The molecule has 19 heavy (non-hydrogen) atoms. The second kappa shape index (κ2) is 6.60. The van der Waals surface area contributed by atoms with E-state index in [0.717, 1.165) is 23.4 Å². The van der Waals surface area contributed by atoms with Crippen LogP contribution in [0.1, 0.15) is 46.1 Å². The van der Waals surface area contributed by atoms with E-state index < -0.39 is 0 Å². The van der Waals surface area contributed by atoms with Crippen LogP contribution in [0.15, 0.2) is 18.2 Å². The lowest BCUT2D eigenvalue weighted by molar-refractivity contribution is -0.117. The van der Waals surface area contributed by atoms with E-state index in [4.69, 9.17) is 4.74 Å². The van der Waals surface area contributed by atoms with E-state index >= 15 is 0 Å². The number of ether oxygens (including phenoxy) is 1. The zero-order valence-electron chi connectivity index (χ0n) is 12.7. The number of rotatable bonds is 5. The summed E-state index contributed by atoms with van der Waals surface area (Å²) in [7, 11) is 0. The maximum Gasteiger partial charge on any atom is 0.224 e. The predicted molar refractivity (Wildman–Crippen MR) is 79.7 cm³/mol. The van der Waals surface area contributed by atoms with Crippen LogP contribution >= 0.6 is 0 Å². The van der Waals surface area contributed by atoms with E-state index in [1.54, 1.807) is 0 Å². The monoisotopic (exact) mass is 263 g/mol. The summed E-state index contributed by atoms with van der Waals surface area (Å²) in [6, 6.07) is 5.81. The molecule has 0 aliphatic heterocycles. The number of benzene rings is 1. The molecule has 0 aliphatic rings. The number of hydrogen-bond donors (Lipinski definition) is 1. The molecular formula is C16H25NO2. The highest BCUT2D eigenvalue weighted by Gasteiger charge is 2.17. The van der Waals surface area contributed by atoms with Crippen molar-refractivity contribution in [2.75, 3.05) is 11.9 Å². The Morgan fingerprint density at radius 2 is 2.00 bits per heavy atom. The molecule has 0 heterocycles. The molecule has 3 heteroatoms. The molecule has 0 unspecified atom stereocenters. The highest BCUT2D eigenvalue weighted by atomic mass is 16.5. The molecule has 106 valence electrons. The van der Waals surface area contributed by atoms with Crippen LogP contribution in [0.3, 0.4) is 0 Å². The van der Waals surface area contributed by atoms with Crippen LogP contribution in [0.25, 0.3) is 0 Å². The number of amides is 1. The first kappa shape index (κ1) is 15.5. The largest absolute Gasteiger partial charge is 0.491 e. The van der Waals surface area contributed by atoms with E-state index in [0.29, 0.717) is 13.0 Å². The van der Waals surface area contributed by atoms with E-state index in [1.165, 1.54) is 0 Å². The number of hydrogen-bond acceptors (Lipinski definition) is 2. The van der Waals surface area contributed by atoms with E-state index in [9.17, 15) is 4.79 Å². The Morgan fingerprint density at radius 1 is 1.32 bits per heavy atom. The van der Waals surface area contributed by atoms with Crippen molar-refractivity contribution in [3.05, 3.63) is 23.8 Å². The molecule has 0 aliphatic carbocycles. The molecule has 0 fully saturated rings. The van der Waals surface area contributed by atoms with Crippen molar-refractivity contribution in [3.63, 3.8) is 0 Å². The Kier molecular flexibility index (Phi) is 5.40. The Hall–Kier alpha value is -1.51. The Bertz CT molecular complexity index is 433. The molecule has 1 N–H and O–H groups in total. The van der Waals surface area contributed by atoms with Gasteiger partial charge in [0.15, 0.2) is 0 Å². The van der Waals surface area contributed by atoms with Gasteiger partial charge in [-0.3, -0.25) is 4.79 Å². The van der Waals surface area contributed by atoms with Gasteiger partial charge >= 0.3 is 0 Å². The second-order valence-corrected chi connectivity index (χ2v) is 6.09. The zero-order valence-corrected chi connectivity index (χ0v) is 12.7. The number of carbonyl (C=O) groups excluding carboxylic acids is 1. The molecule has 0 saturated heterocycles. The molecule has 0 radical (unpaired) electrons. The topological polar surface area (TPSA) is 38.3 Å². The SMILES string of the molecule is CCCOc1c(C)cccc1NC(=O)CC(C)(C)C. The maximum absolute atomic E-state index is 12.0. The van der Waals surface area contributed by atoms with Crippen molar-refractivity contribution >= 4 is 11.6 Å². The highest BCUT2D eigenvalue weighted by Crippen LogP contribution is 2.29. The van der Waals surface area contributed by atoms with Crippen LogP contribution in [0.2, 0.25) is 0 Å². The summed E-state index contributed by atoms with van der Waals surface area (Å²) in [5.41, 5.74) is 1.79. The van der Waals surface area contributed by atoms with Gasteiger partial charge < -0.3 is 10.1 Å². The summed E-state index contributed by atoms with van der Waals surface area (Å²) in [5, 5.41) is 2.95. The van der Waals surface area contributed by atoms with Crippen LogP contribution in [0, 0.1) is 12.3 Å². The summed E-state index contributed by atoms with van der Waals surface area (Å²) < 4.78 is 5.73. The molecule has 0 aromatic heterocycles. The number of para-hydroxylation sites is 1. The van der Waals surface area contributed by atoms with Crippen molar-refractivity contribution < 1.29 is 9.53 Å². The smallest absolute Gasteiger partial charge is 0.224 e. The molecule has 0 atom stereocenters. The third-order valence-electron chi connectivity index (χ3n) is 2.63. The van der Waals surface area contributed by atoms with Gasteiger partial charge in [0.1, 0.15) is 5.75 Å². The lowest BCUT2D eigenvalue weighted by Gasteiger charge is -2.19. The van der Waals surface area contributed by atoms with Gasteiger partial charge in [-0.1, -0.05) is 39.8 Å². The molecule has 1 rings (SSSR count). The van der Waals surface area contributed by atoms with Crippen LogP contribution in [0.4, 0.5) is 5.69 Å². The number of nitrogens with one attached hydrogen (secondary N) is 1. The fourth-order valence-electron chi connectivity index (χ4n) is 1.82. The van der Waals surface area contributed by atoms with Gasteiger partial charge in [0.2, 0.25) is 5.91 Å². The van der Waals surface area contributed by atoms with E-state index in [-0.39, 0.29) is 11.3 Å². The van der Waals surface area contributed by atoms with Crippen LogP contribution in [-0.2, 0) is 4.79 Å². The average Bonchev–Trinajstić information content (AvgIpc) is 2.25. The Labute approximate surface area is 116 Å². The van der Waals surface area contributed by atoms with Gasteiger partial charge in [0.25, 0.3) is 0 Å². The first-order chi connectivity index (χ1) is 8.83. The maximum atomic E-state index is 12.0. The molecule has 0 spiro atoms. The predicted octanol–water partition coefficient (Wildman–Crippen LogP) is 4.16. The third kappa shape index (κ3) is 5.33. The minimum Gasteiger partial charge on any atom is -0.491 e. The van der Waals surface area contributed by atoms with Gasteiger partial charge in [0.05, 0.1) is 12.3 Å².